The summed E-state index contributed by atoms with van der Waals surface area (Å²) in [6.45, 7) is 3.75. The maximum absolute atomic E-state index is 14.0. The summed E-state index contributed by atoms with van der Waals surface area (Å²) in [5.74, 6) is -0.184. The molecule has 2 heterocycles. The number of pyridine rings is 1. The first-order valence-corrected chi connectivity index (χ1v) is 10.7. The van der Waals surface area contributed by atoms with E-state index in [2.05, 4.69) is 9.88 Å². The van der Waals surface area contributed by atoms with Gasteiger partial charge in [-0.05, 0) is 42.0 Å². The van der Waals surface area contributed by atoms with Gasteiger partial charge in [-0.3, -0.25) is 4.90 Å². The third-order valence-electron chi connectivity index (χ3n) is 5.44. The fourth-order valence-electron chi connectivity index (χ4n) is 3.75. The first-order valence-electron chi connectivity index (χ1n) is 10.3. The molecule has 32 heavy (non-hydrogen) atoms. The standard InChI is InChI=1S/C24H23ClFN3O3/c25-21-7-2-8-22(26)20(21)16-32-18-5-1-4-17(14-18)15-28-10-12-29(13-11-28)23-19(24(30)31)6-3-9-27-23/h1-9,14H,10-13,15-16H2,(H,30,31). The third kappa shape index (κ3) is 5.18. The number of rotatable bonds is 7. The van der Waals surface area contributed by atoms with Gasteiger partial charge in [0.25, 0.3) is 0 Å². The summed E-state index contributed by atoms with van der Waals surface area (Å²) in [6.07, 6.45) is 1.62. The maximum Gasteiger partial charge on any atom is 0.339 e. The number of carboxylic acid groups (broad SMARTS) is 1. The highest BCUT2D eigenvalue weighted by molar-refractivity contribution is 6.31. The zero-order valence-electron chi connectivity index (χ0n) is 17.4. The molecule has 0 spiro atoms. The van der Waals surface area contributed by atoms with Gasteiger partial charge in [-0.1, -0.05) is 29.8 Å². The monoisotopic (exact) mass is 455 g/mol. The van der Waals surface area contributed by atoms with E-state index >= 15 is 0 Å². The van der Waals surface area contributed by atoms with Crippen molar-refractivity contribution in [1.82, 2.24) is 9.88 Å². The quantitative estimate of drug-likeness (QED) is 0.567. The van der Waals surface area contributed by atoms with E-state index in [1.54, 1.807) is 30.5 Å². The van der Waals surface area contributed by atoms with Crippen LogP contribution in [0.4, 0.5) is 10.2 Å². The topological polar surface area (TPSA) is 65.9 Å². The lowest BCUT2D eigenvalue weighted by Gasteiger charge is -2.35. The Morgan fingerprint density at radius 2 is 1.88 bits per heavy atom. The van der Waals surface area contributed by atoms with Crippen LogP contribution in [-0.4, -0.2) is 47.1 Å². The van der Waals surface area contributed by atoms with Crippen LogP contribution in [0.25, 0.3) is 0 Å². The summed E-state index contributed by atoms with van der Waals surface area (Å²) in [5, 5.41) is 9.74. The van der Waals surface area contributed by atoms with E-state index < -0.39 is 5.97 Å². The van der Waals surface area contributed by atoms with Crippen LogP contribution in [0, 0.1) is 5.82 Å². The molecule has 0 atom stereocenters. The second kappa shape index (κ2) is 9.97. The average molecular weight is 456 g/mol. The van der Waals surface area contributed by atoms with Crippen molar-refractivity contribution in [3.05, 3.63) is 88.3 Å². The largest absolute Gasteiger partial charge is 0.489 e. The van der Waals surface area contributed by atoms with Crippen molar-refractivity contribution in [1.29, 1.82) is 0 Å². The number of aromatic carboxylic acids is 1. The number of ether oxygens (including phenoxy) is 1. The van der Waals surface area contributed by atoms with E-state index in [1.807, 2.05) is 29.2 Å². The van der Waals surface area contributed by atoms with Crippen LogP contribution in [0.3, 0.4) is 0 Å². The van der Waals surface area contributed by atoms with E-state index in [-0.39, 0.29) is 18.0 Å². The maximum atomic E-state index is 14.0. The number of halogens is 2. The van der Waals surface area contributed by atoms with Gasteiger partial charge in [0.15, 0.2) is 0 Å². The molecular weight excluding hydrogens is 433 g/mol. The van der Waals surface area contributed by atoms with Gasteiger partial charge in [0, 0.05) is 44.5 Å². The molecule has 3 aromatic rings. The van der Waals surface area contributed by atoms with Crippen molar-refractivity contribution < 1.29 is 19.0 Å². The number of nitrogens with zero attached hydrogens (tertiary/aromatic N) is 3. The van der Waals surface area contributed by atoms with E-state index in [9.17, 15) is 14.3 Å². The molecule has 0 aliphatic carbocycles. The molecule has 1 N–H and O–H groups in total. The van der Waals surface area contributed by atoms with Crippen molar-refractivity contribution in [3.63, 3.8) is 0 Å². The van der Waals surface area contributed by atoms with Crippen molar-refractivity contribution in [2.45, 2.75) is 13.2 Å². The minimum absolute atomic E-state index is 0.0591. The van der Waals surface area contributed by atoms with Gasteiger partial charge >= 0.3 is 5.97 Å². The number of aromatic nitrogens is 1. The fourth-order valence-corrected chi connectivity index (χ4v) is 3.97. The van der Waals surface area contributed by atoms with Crippen LogP contribution in [0.2, 0.25) is 5.02 Å². The molecule has 6 nitrogen and oxygen atoms in total. The van der Waals surface area contributed by atoms with Crippen LogP contribution < -0.4 is 9.64 Å². The highest BCUT2D eigenvalue weighted by Crippen LogP contribution is 2.23. The molecule has 0 radical (unpaired) electrons. The van der Waals surface area contributed by atoms with E-state index in [4.69, 9.17) is 16.3 Å². The molecule has 0 unspecified atom stereocenters. The van der Waals surface area contributed by atoms with Crippen LogP contribution in [0.5, 0.6) is 5.75 Å². The van der Waals surface area contributed by atoms with E-state index in [1.165, 1.54) is 6.07 Å². The Morgan fingerprint density at radius 3 is 2.62 bits per heavy atom. The molecule has 4 rings (SSSR count). The summed E-state index contributed by atoms with van der Waals surface area (Å²) in [5.41, 5.74) is 1.64. The third-order valence-corrected chi connectivity index (χ3v) is 5.79. The molecule has 0 amide bonds. The molecule has 1 aromatic heterocycles. The van der Waals surface area contributed by atoms with Crippen LogP contribution in [-0.2, 0) is 13.2 Å². The molecule has 0 saturated carbocycles. The minimum atomic E-state index is -0.969. The smallest absolute Gasteiger partial charge is 0.339 e. The molecule has 1 aliphatic rings. The number of piperazine rings is 1. The lowest BCUT2D eigenvalue weighted by atomic mass is 10.1. The Hall–Kier alpha value is -3.16. The zero-order chi connectivity index (χ0) is 22.5. The second-order valence-corrected chi connectivity index (χ2v) is 7.99. The summed E-state index contributed by atoms with van der Waals surface area (Å²) in [7, 11) is 0. The first-order chi connectivity index (χ1) is 15.5. The number of anilines is 1. The molecular formula is C24H23ClFN3O3. The van der Waals surface area contributed by atoms with Gasteiger partial charge in [-0.2, -0.15) is 0 Å². The SMILES string of the molecule is O=C(O)c1cccnc1N1CCN(Cc2cccc(OCc3c(F)cccc3Cl)c2)CC1. The molecule has 0 bridgehead atoms. The number of benzene rings is 2. The number of hydrogen-bond acceptors (Lipinski definition) is 5. The lowest BCUT2D eigenvalue weighted by Crippen LogP contribution is -2.46. The van der Waals surface area contributed by atoms with Gasteiger partial charge in [0.2, 0.25) is 0 Å². The highest BCUT2D eigenvalue weighted by Gasteiger charge is 2.22. The van der Waals surface area contributed by atoms with Gasteiger partial charge in [-0.15, -0.1) is 0 Å². The van der Waals surface area contributed by atoms with Crippen molar-refractivity contribution in [2.75, 3.05) is 31.1 Å². The fraction of sp³-hybridized carbons (Fsp3) is 0.250. The normalized spacial score (nSPS) is 14.4. The Morgan fingerprint density at radius 1 is 1.09 bits per heavy atom. The second-order valence-electron chi connectivity index (χ2n) is 7.58. The Bertz CT molecular complexity index is 1080. The summed E-state index contributed by atoms with van der Waals surface area (Å²) in [4.78, 5) is 20.1. The van der Waals surface area contributed by atoms with Gasteiger partial charge in [0.1, 0.15) is 29.6 Å². The van der Waals surface area contributed by atoms with Gasteiger partial charge in [-0.25, -0.2) is 14.2 Å². The number of hydrogen-bond donors (Lipinski definition) is 1. The van der Waals surface area contributed by atoms with Gasteiger partial charge in [0.05, 0.1) is 5.02 Å². The number of carbonyl (C=O) groups is 1. The highest BCUT2D eigenvalue weighted by atomic mass is 35.5. The molecule has 1 fully saturated rings. The Kier molecular flexibility index (Phi) is 6.87. The molecule has 8 heteroatoms. The molecule has 2 aromatic carbocycles. The minimum Gasteiger partial charge on any atom is -0.489 e. The van der Waals surface area contributed by atoms with Crippen molar-refractivity contribution in [3.8, 4) is 5.75 Å². The van der Waals surface area contributed by atoms with Crippen LogP contribution >= 0.6 is 11.6 Å². The molecule has 166 valence electrons. The van der Waals surface area contributed by atoms with E-state index in [0.717, 1.165) is 25.2 Å². The predicted octanol–water partition coefficient (Wildman–Crippen LogP) is 4.47. The number of carboxylic acids is 1. The van der Waals surface area contributed by atoms with Crippen molar-refractivity contribution in [2.24, 2.45) is 0 Å². The Balaban J connectivity index is 1.34. The summed E-state index contributed by atoms with van der Waals surface area (Å²) >= 11 is 6.07. The van der Waals surface area contributed by atoms with Crippen molar-refractivity contribution >= 4 is 23.4 Å². The summed E-state index contributed by atoms with van der Waals surface area (Å²) in [6, 6.07) is 15.5. The zero-order valence-corrected chi connectivity index (χ0v) is 18.1. The summed E-state index contributed by atoms with van der Waals surface area (Å²) < 4.78 is 19.7. The van der Waals surface area contributed by atoms with Gasteiger partial charge < -0.3 is 14.7 Å². The molecule has 1 aliphatic heterocycles. The first kappa shape index (κ1) is 22.0. The average Bonchev–Trinajstić information content (AvgIpc) is 2.79. The van der Waals surface area contributed by atoms with Crippen LogP contribution in [0.1, 0.15) is 21.5 Å². The lowest BCUT2D eigenvalue weighted by molar-refractivity contribution is 0.0697. The van der Waals surface area contributed by atoms with E-state index in [0.29, 0.717) is 35.2 Å². The van der Waals surface area contributed by atoms with Crippen LogP contribution in [0.15, 0.2) is 60.8 Å². The predicted molar refractivity (Wildman–Crippen MR) is 121 cm³/mol. The molecule has 1 saturated heterocycles. The Labute approximate surface area is 190 Å².